The zero-order valence-corrected chi connectivity index (χ0v) is 16.1. The maximum absolute atomic E-state index is 12.5. The molecule has 0 unspecified atom stereocenters. The Morgan fingerprint density at radius 3 is 2.30 bits per heavy atom. The van der Waals surface area contributed by atoms with Gasteiger partial charge in [-0.3, -0.25) is 10.1 Å². The topological polar surface area (TPSA) is 143 Å². The Morgan fingerprint density at radius 1 is 1.33 bits per heavy atom. The predicted octanol–water partition coefficient (Wildman–Crippen LogP) is 3.56. The summed E-state index contributed by atoms with van der Waals surface area (Å²) < 4.78 is 42.0. The van der Waals surface area contributed by atoms with Crippen LogP contribution in [0.3, 0.4) is 0 Å². The number of hydrogen-bond acceptors (Lipinski definition) is 5. The van der Waals surface area contributed by atoms with Gasteiger partial charge in [0.25, 0.3) is 0 Å². The number of halogens is 5. The van der Waals surface area contributed by atoms with Crippen LogP contribution in [-0.4, -0.2) is 33.2 Å². The molecule has 2 amide bonds. The molecule has 3 rings (SSSR count). The number of nitrogens with zero attached hydrogens (tertiary/aromatic N) is 3. The fourth-order valence-electron chi connectivity index (χ4n) is 3.01. The second-order valence-corrected chi connectivity index (χ2v) is 7.07. The van der Waals surface area contributed by atoms with Crippen molar-refractivity contribution in [2.75, 3.05) is 5.32 Å². The minimum absolute atomic E-state index is 0.0670. The molecule has 1 aliphatic rings. The predicted molar refractivity (Wildman–Crippen MR) is 96.7 cm³/mol. The minimum Gasteiger partial charge on any atom is -0.465 e. The average molecular weight is 464 g/mol. The molecule has 30 heavy (non-hydrogen) atoms. The summed E-state index contributed by atoms with van der Waals surface area (Å²) in [6.45, 7) is 0. The van der Waals surface area contributed by atoms with E-state index in [1.165, 1.54) is 0 Å². The Labute approximate surface area is 175 Å². The number of carbonyl (C=O) groups is 2. The third-order valence-electron chi connectivity index (χ3n) is 4.35. The normalized spacial score (nSPS) is 14.7. The monoisotopic (exact) mass is 463 g/mol. The van der Waals surface area contributed by atoms with Crippen molar-refractivity contribution < 1.29 is 32.6 Å². The van der Waals surface area contributed by atoms with Crippen molar-refractivity contribution in [3.8, 4) is 17.5 Å². The molecule has 2 aromatic rings. The highest BCUT2D eigenvalue weighted by atomic mass is 35.5. The second-order valence-electron chi connectivity index (χ2n) is 6.26. The number of carbonyl (C=O) groups excluding carboxylic acids is 1. The molecule has 0 bridgehead atoms. The molecule has 1 aromatic carbocycles. The first-order chi connectivity index (χ1) is 13.9. The van der Waals surface area contributed by atoms with E-state index in [2.05, 4.69) is 9.84 Å². The number of benzene rings is 1. The van der Waals surface area contributed by atoms with Gasteiger partial charge in [0, 0.05) is 17.7 Å². The van der Waals surface area contributed by atoms with E-state index in [9.17, 15) is 33.1 Å². The van der Waals surface area contributed by atoms with E-state index in [0.717, 1.165) is 16.8 Å². The number of anilines is 1. The van der Waals surface area contributed by atoms with Gasteiger partial charge in [0.2, 0.25) is 5.91 Å². The van der Waals surface area contributed by atoms with Crippen LogP contribution < -0.4 is 15.8 Å². The Kier molecular flexibility index (Phi) is 5.21. The molecular weight excluding hydrogens is 454 g/mol. The molecule has 0 atom stereocenters. The minimum atomic E-state index is -5.00. The van der Waals surface area contributed by atoms with Crippen LogP contribution in [0.1, 0.15) is 24.1 Å². The maximum Gasteiger partial charge on any atom is 0.573 e. The molecule has 1 aromatic heterocycles. The Hall–Kier alpha value is -3.17. The summed E-state index contributed by atoms with van der Waals surface area (Å²) in [7, 11) is 0. The molecule has 1 heterocycles. The number of amides is 2. The van der Waals surface area contributed by atoms with E-state index in [1.54, 1.807) is 6.07 Å². The first-order valence-electron chi connectivity index (χ1n) is 7.98. The van der Waals surface area contributed by atoms with Crippen molar-refractivity contribution in [1.82, 2.24) is 9.78 Å². The van der Waals surface area contributed by atoms with Gasteiger partial charge in [0.05, 0.1) is 15.5 Å². The number of hydrogen-bond donors (Lipinski definition) is 3. The van der Waals surface area contributed by atoms with Gasteiger partial charge < -0.3 is 15.6 Å². The van der Waals surface area contributed by atoms with E-state index in [0.29, 0.717) is 0 Å². The average Bonchev–Trinajstić information content (AvgIpc) is 3.31. The molecule has 1 saturated carbocycles. The maximum atomic E-state index is 12.5. The lowest BCUT2D eigenvalue weighted by Crippen LogP contribution is -2.30. The number of alkyl halides is 3. The van der Waals surface area contributed by atoms with Gasteiger partial charge >= 0.3 is 12.5 Å². The number of nitrogens with one attached hydrogen (secondary N) is 1. The molecule has 0 aliphatic heterocycles. The van der Waals surface area contributed by atoms with Crippen LogP contribution in [0.15, 0.2) is 12.1 Å². The van der Waals surface area contributed by atoms with Gasteiger partial charge in [0.15, 0.2) is 5.69 Å². The molecule has 4 N–H and O–H groups in total. The Bertz CT molecular complexity index is 1080. The molecule has 0 spiro atoms. The fourth-order valence-corrected chi connectivity index (χ4v) is 3.64. The third-order valence-corrected chi connectivity index (χ3v) is 4.93. The Morgan fingerprint density at radius 2 is 1.90 bits per heavy atom. The summed E-state index contributed by atoms with van der Waals surface area (Å²) in [5, 5.41) is 23.9. The number of aromatic nitrogens is 2. The van der Waals surface area contributed by atoms with Gasteiger partial charge in [0.1, 0.15) is 23.3 Å². The lowest BCUT2D eigenvalue weighted by atomic mass is 9.94. The molecule has 0 radical (unpaired) electrons. The Balaban J connectivity index is 2.25. The van der Waals surface area contributed by atoms with E-state index < -0.39 is 39.6 Å². The molecule has 0 saturated heterocycles. The number of primary amides is 1. The molecule has 1 aliphatic carbocycles. The first-order valence-corrected chi connectivity index (χ1v) is 8.74. The molecule has 1 fully saturated rings. The largest absolute Gasteiger partial charge is 0.573 e. The highest BCUT2D eigenvalue weighted by Crippen LogP contribution is 2.52. The highest BCUT2D eigenvalue weighted by molar-refractivity contribution is 6.38. The first kappa shape index (κ1) is 21.5. The van der Waals surface area contributed by atoms with Crippen LogP contribution in [-0.2, 0) is 10.2 Å². The summed E-state index contributed by atoms with van der Waals surface area (Å²) in [5.74, 6) is -1.85. The van der Waals surface area contributed by atoms with Gasteiger partial charge in [-0.15, -0.1) is 13.2 Å². The number of nitriles is 1. The summed E-state index contributed by atoms with van der Waals surface area (Å²) in [6.07, 6.45) is -6.07. The van der Waals surface area contributed by atoms with Gasteiger partial charge in [-0.2, -0.15) is 10.4 Å². The molecule has 14 heteroatoms. The van der Waals surface area contributed by atoms with Gasteiger partial charge in [-0.1, -0.05) is 23.2 Å². The quantitative estimate of drug-likeness (QED) is 0.618. The van der Waals surface area contributed by atoms with E-state index in [1.807, 2.05) is 5.32 Å². The fraction of sp³-hybridized carbons (Fsp3) is 0.250. The van der Waals surface area contributed by atoms with Crippen molar-refractivity contribution in [3.63, 3.8) is 0 Å². The zero-order chi connectivity index (χ0) is 22.4. The smallest absolute Gasteiger partial charge is 0.465 e. The van der Waals surface area contributed by atoms with Crippen molar-refractivity contribution >= 4 is 41.0 Å². The van der Waals surface area contributed by atoms with E-state index in [4.69, 9.17) is 28.9 Å². The summed E-state index contributed by atoms with van der Waals surface area (Å²) in [5.41, 5.74) is 3.49. The number of rotatable bonds is 5. The molecule has 9 nitrogen and oxygen atoms in total. The van der Waals surface area contributed by atoms with Crippen molar-refractivity contribution in [3.05, 3.63) is 33.4 Å². The number of nitrogens with two attached hydrogens (primary N) is 1. The van der Waals surface area contributed by atoms with Crippen LogP contribution in [0.4, 0.5) is 23.8 Å². The standard InChI is InChI=1S/C16H10Cl2F3N5O4/c17-7-3-6(30-16(19,20)21)4-8(18)11(7)26-12(24-14(28)29)10(9(5-22)25-26)15(1-2-15)13(23)27/h3-4,24H,1-2H2,(H2,23,27)(H,28,29). The van der Waals surface area contributed by atoms with Gasteiger partial charge in [-0.05, 0) is 12.8 Å². The van der Waals surface area contributed by atoms with Crippen LogP contribution in [0.2, 0.25) is 10.0 Å². The van der Waals surface area contributed by atoms with Gasteiger partial charge in [-0.25, -0.2) is 9.48 Å². The molecular formula is C16H10Cl2F3N5O4. The highest BCUT2D eigenvalue weighted by Gasteiger charge is 2.54. The SMILES string of the molecule is N#Cc1nn(-c2c(Cl)cc(OC(F)(F)F)cc2Cl)c(NC(=O)O)c1C1(C(N)=O)CC1. The van der Waals surface area contributed by atoms with E-state index in [-0.39, 0.29) is 35.6 Å². The summed E-state index contributed by atoms with van der Waals surface area (Å²) in [6, 6.07) is 3.32. The van der Waals surface area contributed by atoms with Crippen molar-refractivity contribution in [2.45, 2.75) is 24.6 Å². The van der Waals surface area contributed by atoms with Crippen LogP contribution in [0.25, 0.3) is 5.69 Å². The van der Waals surface area contributed by atoms with Crippen LogP contribution in [0, 0.1) is 11.3 Å². The second kappa shape index (κ2) is 7.26. The van der Waals surface area contributed by atoms with Crippen LogP contribution in [0.5, 0.6) is 5.75 Å². The lowest BCUT2D eigenvalue weighted by molar-refractivity contribution is -0.274. The zero-order valence-electron chi connectivity index (χ0n) is 14.5. The lowest BCUT2D eigenvalue weighted by Gasteiger charge is -2.16. The number of carboxylic acid groups (broad SMARTS) is 1. The number of ether oxygens (including phenoxy) is 1. The van der Waals surface area contributed by atoms with Crippen molar-refractivity contribution in [1.29, 1.82) is 5.26 Å². The van der Waals surface area contributed by atoms with Crippen molar-refractivity contribution in [2.24, 2.45) is 5.73 Å². The van der Waals surface area contributed by atoms with Crippen LogP contribution >= 0.6 is 23.2 Å². The third kappa shape index (κ3) is 3.81. The summed E-state index contributed by atoms with van der Waals surface area (Å²) in [4.78, 5) is 23.3. The van der Waals surface area contributed by atoms with E-state index >= 15 is 0 Å². The molecule has 158 valence electrons. The summed E-state index contributed by atoms with van der Waals surface area (Å²) >= 11 is 12.1.